The molecule has 3 aliphatic carbocycles. The van der Waals surface area contributed by atoms with Gasteiger partial charge in [0, 0.05) is 24.3 Å². The fourth-order valence-electron chi connectivity index (χ4n) is 5.23. The normalized spacial score (nSPS) is 27.8. The molecule has 2 bridgehead atoms. The summed E-state index contributed by atoms with van der Waals surface area (Å²) in [5.74, 6) is 0. The van der Waals surface area contributed by atoms with Crippen molar-refractivity contribution in [2.75, 3.05) is 5.32 Å². The molecule has 6 rings (SSSR count). The molecule has 2 amide bonds. The van der Waals surface area contributed by atoms with E-state index in [1.54, 1.807) is 0 Å². The molecule has 0 radical (unpaired) electrons. The Labute approximate surface area is 177 Å². The Hall–Kier alpha value is -1.85. The van der Waals surface area contributed by atoms with E-state index in [-0.39, 0.29) is 28.6 Å². The van der Waals surface area contributed by atoms with Crippen LogP contribution in [0.2, 0.25) is 0 Å². The molecule has 3 fully saturated rings. The van der Waals surface area contributed by atoms with Crippen molar-refractivity contribution in [3.63, 3.8) is 0 Å². The summed E-state index contributed by atoms with van der Waals surface area (Å²) in [7, 11) is 0. The molecule has 4 aliphatic rings. The van der Waals surface area contributed by atoms with E-state index in [9.17, 15) is 4.79 Å². The van der Waals surface area contributed by atoms with Gasteiger partial charge in [-0.2, -0.15) is 0 Å². The van der Waals surface area contributed by atoms with Crippen LogP contribution in [0.3, 0.4) is 0 Å². The Morgan fingerprint density at radius 2 is 1.39 bits per heavy atom. The lowest BCUT2D eigenvalue weighted by Gasteiger charge is -2.52. The monoisotopic (exact) mass is 441 g/mol. The predicted molar refractivity (Wildman–Crippen MR) is 118 cm³/mol. The zero-order valence-corrected chi connectivity index (χ0v) is 17.8. The molecule has 4 nitrogen and oxygen atoms in total. The molecule has 5 heteroatoms. The fraction of sp³-hybridized carbons (Fsp3) is 0.435. The van der Waals surface area contributed by atoms with Crippen molar-refractivity contribution < 1.29 is 4.79 Å². The van der Waals surface area contributed by atoms with Crippen molar-refractivity contribution in [3.05, 3.63) is 65.2 Å². The number of carbonyl (C=O) groups is 1. The van der Waals surface area contributed by atoms with Crippen LogP contribution in [0.25, 0.3) is 0 Å². The number of nitrogens with two attached hydrogens (primary N) is 1. The lowest BCUT2D eigenvalue weighted by Crippen LogP contribution is -2.53. The van der Waals surface area contributed by atoms with Crippen LogP contribution >= 0.6 is 17.0 Å². The van der Waals surface area contributed by atoms with Gasteiger partial charge in [-0.1, -0.05) is 36.4 Å². The molecule has 148 valence electrons. The van der Waals surface area contributed by atoms with Gasteiger partial charge in [-0.05, 0) is 72.8 Å². The number of nitrogens with zero attached hydrogens (tertiary/aromatic N) is 1. The molecule has 0 spiro atoms. The molecule has 28 heavy (non-hydrogen) atoms. The van der Waals surface area contributed by atoms with E-state index in [2.05, 4.69) is 41.7 Å². The molecule has 2 aromatic rings. The van der Waals surface area contributed by atoms with E-state index in [1.165, 1.54) is 36.0 Å². The summed E-state index contributed by atoms with van der Waals surface area (Å²) in [6.45, 7) is 1.37. The lowest BCUT2D eigenvalue weighted by atomic mass is 9.55. The number of anilines is 1. The van der Waals surface area contributed by atoms with Crippen LogP contribution in [0.4, 0.5) is 10.5 Å². The summed E-state index contributed by atoms with van der Waals surface area (Å²) in [5, 5.41) is 3.06. The number of hydrogen-bond donors (Lipinski definition) is 2. The van der Waals surface area contributed by atoms with Gasteiger partial charge in [-0.25, -0.2) is 4.79 Å². The molecule has 1 heterocycles. The summed E-state index contributed by atoms with van der Waals surface area (Å²) < 4.78 is 0. The zero-order valence-electron chi connectivity index (χ0n) is 16.1. The summed E-state index contributed by atoms with van der Waals surface area (Å²) in [6, 6.07) is 16.8. The Balaban J connectivity index is 0.00000192. The average molecular weight is 442 g/mol. The van der Waals surface area contributed by atoms with E-state index in [1.807, 2.05) is 17.0 Å². The minimum Gasteiger partial charge on any atom is -0.325 e. The van der Waals surface area contributed by atoms with Crippen LogP contribution < -0.4 is 11.1 Å². The second-order valence-electron chi connectivity index (χ2n) is 8.77. The highest BCUT2D eigenvalue weighted by molar-refractivity contribution is 8.93. The SMILES string of the molecule is Br.NC12CCC(c3ccc(NC(=O)N4Cc5ccccc5C4)cc3)(CC1)CC2. The van der Waals surface area contributed by atoms with Gasteiger partial charge in [-0.15, -0.1) is 17.0 Å². The van der Waals surface area contributed by atoms with Crippen LogP contribution in [0.5, 0.6) is 0 Å². The largest absolute Gasteiger partial charge is 0.325 e. The first-order valence-corrected chi connectivity index (χ1v) is 10.1. The van der Waals surface area contributed by atoms with Gasteiger partial charge in [0.1, 0.15) is 0 Å². The summed E-state index contributed by atoms with van der Waals surface area (Å²) in [5.41, 5.74) is 11.6. The standard InChI is InChI=1S/C23H27N3O.BrH/c24-23-12-9-22(10-13-23,11-14-23)19-5-7-20(8-6-19)25-21(27)26-15-17-3-1-2-4-18(17)16-26;/h1-8H,9-16,24H2,(H,25,27);1H. The molecule has 1 aliphatic heterocycles. The van der Waals surface area contributed by atoms with Crippen molar-refractivity contribution in [2.45, 2.75) is 62.6 Å². The maximum atomic E-state index is 12.6. The number of benzene rings is 2. The smallest absolute Gasteiger partial charge is 0.322 e. The number of fused-ring (bicyclic) bond motifs is 4. The van der Waals surface area contributed by atoms with Gasteiger partial charge in [0.25, 0.3) is 0 Å². The molecule has 0 aromatic heterocycles. The van der Waals surface area contributed by atoms with E-state index < -0.39 is 0 Å². The molecule has 2 aromatic carbocycles. The van der Waals surface area contributed by atoms with E-state index >= 15 is 0 Å². The van der Waals surface area contributed by atoms with Crippen LogP contribution in [-0.2, 0) is 18.5 Å². The maximum absolute atomic E-state index is 12.6. The van der Waals surface area contributed by atoms with Crippen LogP contribution in [-0.4, -0.2) is 16.5 Å². The molecular weight excluding hydrogens is 414 g/mol. The van der Waals surface area contributed by atoms with Gasteiger partial charge in [0.15, 0.2) is 0 Å². The summed E-state index contributed by atoms with van der Waals surface area (Å²) in [4.78, 5) is 14.5. The Kier molecular flexibility index (Phi) is 5.00. The van der Waals surface area contributed by atoms with Crippen molar-refractivity contribution in [2.24, 2.45) is 5.73 Å². The Morgan fingerprint density at radius 1 is 0.857 bits per heavy atom. The molecule has 3 N–H and O–H groups in total. The van der Waals surface area contributed by atoms with Gasteiger partial charge in [0.05, 0.1) is 0 Å². The summed E-state index contributed by atoms with van der Waals surface area (Å²) >= 11 is 0. The first-order chi connectivity index (χ1) is 13.1. The van der Waals surface area contributed by atoms with Gasteiger partial charge < -0.3 is 16.0 Å². The number of carbonyl (C=O) groups excluding carboxylic acids is 1. The van der Waals surface area contributed by atoms with Gasteiger partial charge in [0.2, 0.25) is 0 Å². The molecule has 0 atom stereocenters. The maximum Gasteiger partial charge on any atom is 0.322 e. The molecular formula is C23H28BrN3O. The minimum absolute atomic E-state index is 0. The second kappa shape index (κ2) is 7.20. The third-order valence-electron chi connectivity index (χ3n) is 7.18. The van der Waals surface area contributed by atoms with Crippen LogP contribution in [0, 0.1) is 0 Å². The van der Waals surface area contributed by atoms with Gasteiger partial charge in [-0.3, -0.25) is 0 Å². The number of nitrogens with one attached hydrogen (secondary N) is 1. The number of rotatable bonds is 2. The average Bonchev–Trinajstić information content (AvgIpc) is 3.14. The molecule has 3 saturated carbocycles. The van der Waals surface area contributed by atoms with E-state index in [0.717, 1.165) is 24.9 Å². The third kappa shape index (κ3) is 3.35. The first-order valence-electron chi connectivity index (χ1n) is 10.1. The highest BCUT2D eigenvalue weighted by atomic mass is 79.9. The van der Waals surface area contributed by atoms with Crippen molar-refractivity contribution >= 4 is 28.7 Å². The number of urea groups is 1. The lowest BCUT2D eigenvalue weighted by molar-refractivity contribution is 0.107. The highest BCUT2D eigenvalue weighted by Gasteiger charge is 2.47. The molecule has 0 saturated heterocycles. The van der Waals surface area contributed by atoms with Crippen molar-refractivity contribution in [3.8, 4) is 0 Å². The highest BCUT2D eigenvalue weighted by Crippen LogP contribution is 2.52. The zero-order chi connectivity index (χ0) is 18.5. The minimum atomic E-state index is -0.0274. The van der Waals surface area contributed by atoms with Crippen molar-refractivity contribution in [1.29, 1.82) is 0 Å². The number of amides is 2. The van der Waals surface area contributed by atoms with E-state index in [0.29, 0.717) is 18.5 Å². The van der Waals surface area contributed by atoms with Crippen LogP contribution in [0.15, 0.2) is 48.5 Å². The quantitative estimate of drug-likeness (QED) is 0.679. The van der Waals surface area contributed by atoms with Crippen molar-refractivity contribution in [1.82, 2.24) is 4.90 Å². The number of halogens is 1. The Morgan fingerprint density at radius 3 is 1.93 bits per heavy atom. The van der Waals surface area contributed by atoms with E-state index in [4.69, 9.17) is 5.73 Å². The fourth-order valence-corrected chi connectivity index (χ4v) is 5.23. The second-order valence-corrected chi connectivity index (χ2v) is 8.77. The summed E-state index contributed by atoms with van der Waals surface area (Å²) in [6.07, 6.45) is 7.01. The topological polar surface area (TPSA) is 58.4 Å². The first kappa shape index (κ1) is 19.5. The third-order valence-corrected chi connectivity index (χ3v) is 7.18. The van der Waals surface area contributed by atoms with Crippen LogP contribution in [0.1, 0.15) is 55.2 Å². The van der Waals surface area contributed by atoms with Gasteiger partial charge >= 0.3 is 6.03 Å². The number of hydrogen-bond acceptors (Lipinski definition) is 2. The predicted octanol–water partition coefficient (Wildman–Crippen LogP) is 5.12. The Bertz CT molecular complexity index is 830. The molecule has 0 unspecified atom stereocenters.